The first-order valence-corrected chi connectivity index (χ1v) is 15.2. The number of amides is 3. The third kappa shape index (κ3) is 6.37. The van der Waals surface area contributed by atoms with Gasteiger partial charge < -0.3 is 16.0 Å². The summed E-state index contributed by atoms with van der Waals surface area (Å²) in [7, 11) is 1.71. The van der Waals surface area contributed by atoms with Crippen molar-refractivity contribution in [3.8, 4) is 10.4 Å². The average molecular weight is 599 g/mol. The molecule has 3 heterocycles. The summed E-state index contributed by atoms with van der Waals surface area (Å²) >= 11 is 1.27. The van der Waals surface area contributed by atoms with E-state index in [1.54, 1.807) is 36.2 Å². The number of nitrogens with one attached hydrogen (secondary N) is 1. The molecule has 3 N–H and O–H groups in total. The number of carbonyl (C=O) groups excluding carboxylic acids is 3. The van der Waals surface area contributed by atoms with E-state index in [9.17, 15) is 18.8 Å². The summed E-state index contributed by atoms with van der Waals surface area (Å²) < 4.78 is 12.1. The Hall–Kier alpha value is -4.37. The predicted octanol–water partition coefficient (Wildman–Crippen LogP) is 6.24. The van der Waals surface area contributed by atoms with Crippen molar-refractivity contribution in [1.82, 2.24) is 15.2 Å². The maximum Gasteiger partial charge on any atom is 0.261 e. The van der Waals surface area contributed by atoms with Crippen molar-refractivity contribution in [3.05, 3.63) is 111 Å². The van der Waals surface area contributed by atoms with Crippen molar-refractivity contribution in [3.63, 3.8) is 0 Å². The number of pyridine rings is 1. The molecule has 7 nitrogen and oxygen atoms in total. The number of thiophene rings is 1. The van der Waals surface area contributed by atoms with Crippen molar-refractivity contribution in [2.45, 2.75) is 52.6 Å². The number of carbonyl (C=O) groups is 3. The molecule has 1 unspecified atom stereocenters. The molecule has 9 heteroatoms. The molecule has 1 aliphatic carbocycles. The molecule has 0 saturated heterocycles. The van der Waals surface area contributed by atoms with E-state index in [1.165, 1.54) is 29.0 Å². The van der Waals surface area contributed by atoms with Crippen LogP contribution in [0.25, 0.3) is 10.4 Å². The molecule has 43 heavy (non-hydrogen) atoms. The van der Waals surface area contributed by atoms with Gasteiger partial charge in [-0.25, -0.2) is 4.39 Å². The van der Waals surface area contributed by atoms with Crippen LogP contribution < -0.4 is 11.1 Å². The Bertz CT molecular complexity index is 1680. The Labute approximate surface area is 255 Å². The number of primary amides is 1. The lowest BCUT2D eigenvalue weighted by Gasteiger charge is -2.16. The molecule has 222 valence electrons. The summed E-state index contributed by atoms with van der Waals surface area (Å²) in [6.07, 6.45) is 2.37. The van der Waals surface area contributed by atoms with E-state index < -0.39 is 5.91 Å². The zero-order valence-corrected chi connectivity index (χ0v) is 25.6. The number of aryl methyl sites for hydroxylation is 2. The number of hydrogen-bond donors (Lipinski definition) is 2. The van der Waals surface area contributed by atoms with Gasteiger partial charge in [0, 0.05) is 17.5 Å². The monoisotopic (exact) mass is 598 g/mol. The van der Waals surface area contributed by atoms with Crippen molar-refractivity contribution in [2.75, 3.05) is 7.05 Å². The van der Waals surface area contributed by atoms with Crippen LogP contribution in [0.2, 0.25) is 0 Å². The fraction of sp³-hybridized carbons (Fsp3) is 0.294. The Morgan fingerprint density at radius 3 is 2.49 bits per heavy atom. The molecule has 0 radical (unpaired) electrons. The zero-order valence-electron chi connectivity index (χ0n) is 24.7. The molecule has 0 fully saturated rings. The minimum atomic E-state index is -0.615. The molecule has 2 aromatic carbocycles. The van der Waals surface area contributed by atoms with Gasteiger partial charge in [-0.3, -0.25) is 19.4 Å². The van der Waals surface area contributed by atoms with E-state index in [2.05, 4.69) is 17.4 Å². The Balaban J connectivity index is 0.000000400. The Morgan fingerprint density at radius 2 is 1.81 bits per heavy atom. The minimum Gasteiger partial charge on any atom is -0.366 e. The fourth-order valence-electron chi connectivity index (χ4n) is 5.63. The van der Waals surface area contributed by atoms with Crippen molar-refractivity contribution in [2.24, 2.45) is 11.7 Å². The van der Waals surface area contributed by atoms with E-state index in [0.717, 1.165) is 24.0 Å². The highest BCUT2D eigenvalue weighted by molar-refractivity contribution is 7.17. The van der Waals surface area contributed by atoms with Crippen LogP contribution in [0.5, 0.6) is 0 Å². The van der Waals surface area contributed by atoms with Crippen molar-refractivity contribution < 1.29 is 18.8 Å². The van der Waals surface area contributed by atoms with E-state index in [4.69, 9.17) is 10.7 Å². The molecule has 0 saturated carbocycles. The first kappa shape index (κ1) is 30.1. The van der Waals surface area contributed by atoms with Gasteiger partial charge in [0.2, 0.25) is 0 Å². The number of nitrogens with two attached hydrogens (primary N) is 1. The first-order valence-electron chi connectivity index (χ1n) is 14.4. The fourth-order valence-corrected chi connectivity index (χ4v) is 6.60. The molecule has 2 aromatic heterocycles. The highest BCUT2D eigenvalue weighted by Crippen LogP contribution is 2.40. The molecule has 0 bridgehead atoms. The number of nitrogens with zero attached hydrogens (tertiary/aromatic N) is 2. The van der Waals surface area contributed by atoms with Gasteiger partial charge in [0.25, 0.3) is 17.7 Å². The van der Waals surface area contributed by atoms with Crippen LogP contribution in [0, 0.1) is 18.7 Å². The maximum absolute atomic E-state index is 13.2. The Kier molecular flexibility index (Phi) is 8.73. The van der Waals surface area contributed by atoms with Gasteiger partial charge in [0.1, 0.15) is 5.82 Å². The molecule has 1 atom stereocenters. The second-order valence-electron chi connectivity index (χ2n) is 11.5. The van der Waals surface area contributed by atoms with Gasteiger partial charge in [-0.2, -0.15) is 0 Å². The second kappa shape index (κ2) is 12.5. The molecular weight excluding hydrogens is 563 g/mol. The summed E-state index contributed by atoms with van der Waals surface area (Å²) in [6.45, 7) is 6.40. The summed E-state index contributed by atoms with van der Waals surface area (Å²) in [5.74, 6) is -0.894. The smallest absolute Gasteiger partial charge is 0.261 e. The summed E-state index contributed by atoms with van der Waals surface area (Å²) in [5, 5.41) is 3.15. The lowest BCUT2D eigenvalue weighted by atomic mass is 9.93. The number of fused-ring (bicyclic) bond motifs is 2. The molecule has 3 amide bonds. The number of rotatable bonds is 6. The zero-order chi connectivity index (χ0) is 30.8. The van der Waals surface area contributed by atoms with Gasteiger partial charge in [0.05, 0.1) is 40.0 Å². The van der Waals surface area contributed by atoms with Crippen molar-refractivity contribution >= 4 is 29.1 Å². The van der Waals surface area contributed by atoms with E-state index in [1.807, 2.05) is 32.9 Å². The lowest BCUT2D eigenvalue weighted by molar-refractivity contribution is 0.0816. The second-order valence-corrected chi connectivity index (χ2v) is 12.6. The number of hydrogen-bond acceptors (Lipinski definition) is 5. The molecule has 0 spiro atoms. The topological polar surface area (TPSA) is 105 Å². The normalized spacial score (nSPS) is 15.2. The van der Waals surface area contributed by atoms with Crippen LogP contribution >= 0.6 is 11.3 Å². The van der Waals surface area contributed by atoms with Gasteiger partial charge in [-0.15, -0.1) is 11.3 Å². The average Bonchev–Trinajstić information content (AvgIpc) is 3.68. The third-order valence-corrected chi connectivity index (χ3v) is 8.77. The summed E-state index contributed by atoms with van der Waals surface area (Å²) in [6, 6.07) is 18.1. The van der Waals surface area contributed by atoms with Crippen molar-refractivity contribution in [1.29, 1.82) is 0 Å². The third-order valence-electron chi connectivity index (χ3n) is 7.67. The molecule has 6 rings (SSSR count). The largest absolute Gasteiger partial charge is 0.366 e. The van der Waals surface area contributed by atoms with Crippen LogP contribution in [0.4, 0.5) is 4.39 Å². The molecule has 1 aliphatic heterocycles. The number of halogens is 1. The van der Waals surface area contributed by atoms with Crippen LogP contribution in [-0.4, -0.2) is 34.7 Å². The number of benzene rings is 2. The number of aromatic nitrogens is 1. The Morgan fingerprint density at radius 1 is 1.09 bits per heavy atom. The summed E-state index contributed by atoms with van der Waals surface area (Å²) in [4.78, 5) is 46.3. The molecule has 2 aliphatic rings. The van der Waals surface area contributed by atoms with E-state index in [-0.39, 0.29) is 35.2 Å². The standard InChI is InChI=1S/C27H28N4O3S.C7H7F/c1-14(2)12-18-22(25(28)32)24(23-19(29-18)13-31(3)27(23)34)20-10-11-21(35-20)26(33)30-17-9-8-15-6-4-5-7-16(15)17;1-6-2-4-7(8)5-3-6/h4-7,10-11,14,17H,8-9,12-13H2,1-3H3,(H2,28,32)(H,30,33);2-5H,1H3. The van der Waals surface area contributed by atoms with E-state index >= 15 is 0 Å². The van der Waals surface area contributed by atoms with Gasteiger partial charge in [-0.05, 0) is 67.5 Å². The summed E-state index contributed by atoms with van der Waals surface area (Å²) in [5.41, 5.74) is 11.8. The molecular formula is C34H35FN4O3S. The van der Waals surface area contributed by atoms with E-state index in [0.29, 0.717) is 45.2 Å². The SMILES string of the molecule is CC(C)Cc1nc2c(c(-c3ccc(C(=O)NC4CCc5ccccc54)s3)c1C(N)=O)C(=O)N(C)C2.Cc1ccc(F)cc1. The maximum atomic E-state index is 13.2. The quantitative estimate of drug-likeness (QED) is 0.274. The van der Waals surface area contributed by atoms with Crippen LogP contribution in [0.15, 0.2) is 60.7 Å². The molecule has 4 aromatic rings. The lowest BCUT2D eigenvalue weighted by Crippen LogP contribution is -2.26. The van der Waals surface area contributed by atoms with Crippen LogP contribution in [-0.2, 0) is 19.4 Å². The first-order chi connectivity index (χ1) is 20.5. The van der Waals surface area contributed by atoms with Gasteiger partial charge >= 0.3 is 0 Å². The highest BCUT2D eigenvalue weighted by Gasteiger charge is 2.35. The minimum absolute atomic E-state index is 0.0246. The predicted molar refractivity (Wildman–Crippen MR) is 167 cm³/mol. The highest BCUT2D eigenvalue weighted by atomic mass is 32.1. The van der Waals surface area contributed by atoms with Gasteiger partial charge in [-0.1, -0.05) is 55.8 Å². The van der Waals surface area contributed by atoms with Crippen LogP contribution in [0.3, 0.4) is 0 Å². The van der Waals surface area contributed by atoms with Gasteiger partial charge in [0.15, 0.2) is 0 Å². The van der Waals surface area contributed by atoms with Crippen LogP contribution in [0.1, 0.15) is 84.8 Å².